The van der Waals surface area contributed by atoms with Crippen LogP contribution >= 0.6 is 0 Å². The van der Waals surface area contributed by atoms with E-state index in [-0.39, 0.29) is 5.56 Å². The number of fused-ring (bicyclic) bond motifs is 1. The average molecular weight is 324 g/mol. The van der Waals surface area contributed by atoms with Crippen LogP contribution in [0.5, 0.6) is 0 Å². The molecule has 0 fully saturated rings. The highest BCUT2D eigenvalue weighted by molar-refractivity contribution is 5.89. The van der Waals surface area contributed by atoms with Gasteiger partial charge in [0.05, 0.1) is 17.0 Å². The highest BCUT2D eigenvalue weighted by atomic mass is 19.1. The van der Waals surface area contributed by atoms with Crippen molar-refractivity contribution < 1.29 is 8.78 Å². The summed E-state index contributed by atoms with van der Waals surface area (Å²) in [5, 5.41) is 10.9. The molecule has 2 aromatic carbocycles. The molecule has 0 spiro atoms. The molecule has 0 bridgehead atoms. The Bertz CT molecular complexity index is 1010. The van der Waals surface area contributed by atoms with Crippen molar-refractivity contribution in [1.82, 2.24) is 15.2 Å². The molecule has 3 N–H and O–H groups in total. The molecule has 120 valence electrons. The van der Waals surface area contributed by atoms with Crippen molar-refractivity contribution in [1.29, 1.82) is 0 Å². The standard InChI is InChI=1S/C18H14F2N4/c1-21-17-9-15(23-24-17)10-5-6-14-11(7-10)8-16(22-14)18-12(19)3-2-4-13(18)20/h2-9,22H,1H3,(H2,21,23,24). The van der Waals surface area contributed by atoms with E-state index in [0.717, 1.165) is 28.0 Å². The second kappa shape index (κ2) is 5.49. The summed E-state index contributed by atoms with van der Waals surface area (Å²) in [6.45, 7) is 0. The van der Waals surface area contributed by atoms with Crippen molar-refractivity contribution >= 4 is 16.7 Å². The van der Waals surface area contributed by atoms with Crippen LogP contribution in [0.2, 0.25) is 0 Å². The molecule has 0 aliphatic heterocycles. The van der Waals surface area contributed by atoms with Crippen molar-refractivity contribution in [2.75, 3.05) is 12.4 Å². The smallest absolute Gasteiger partial charge is 0.148 e. The number of hydrogen-bond donors (Lipinski definition) is 3. The van der Waals surface area contributed by atoms with E-state index in [1.807, 2.05) is 24.3 Å². The summed E-state index contributed by atoms with van der Waals surface area (Å²) in [6.07, 6.45) is 0. The number of nitrogens with one attached hydrogen (secondary N) is 3. The molecule has 0 saturated carbocycles. The minimum Gasteiger partial charge on any atom is -0.372 e. The number of halogens is 2. The molecule has 24 heavy (non-hydrogen) atoms. The minimum absolute atomic E-state index is 0.0470. The molecule has 2 aromatic heterocycles. The van der Waals surface area contributed by atoms with E-state index in [1.165, 1.54) is 18.2 Å². The molecule has 4 rings (SSSR count). The van der Waals surface area contributed by atoms with Gasteiger partial charge in [-0.3, -0.25) is 5.10 Å². The summed E-state index contributed by atoms with van der Waals surface area (Å²) < 4.78 is 27.9. The first-order valence-corrected chi connectivity index (χ1v) is 7.46. The number of rotatable bonds is 3. The Balaban J connectivity index is 1.81. The Morgan fingerprint density at radius 2 is 1.75 bits per heavy atom. The lowest BCUT2D eigenvalue weighted by Gasteiger charge is -2.01. The van der Waals surface area contributed by atoms with Gasteiger partial charge in [-0.1, -0.05) is 12.1 Å². The van der Waals surface area contributed by atoms with Gasteiger partial charge in [0.15, 0.2) is 0 Å². The molecule has 0 amide bonds. The minimum atomic E-state index is -0.589. The van der Waals surface area contributed by atoms with Crippen molar-refractivity contribution in [2.24, 2.45) is 0 Å². The third-order valence-electron chi connectivity index (χ3n) is 4.00. The average Bonchev–Trinajstić information content (AvgIpc) is 3.20. The molecule has 0 radical (unpaired) electrons. The van der Waals surface area contributed by atoms with Gasteiger partial charge in [-0.15, -0.1) is 0 Å². The number of hydrogen-bond acceptors (Lipinski definition) is 2. The van der Waals surface area contributed by atoms with Crippen LogP contribution in [0.1, 0.15) is 0 Å². The Morgan fingerprint density at radius 1 is 0.958 bits per heavy atom. The van der Waals surface area contributed by atoms with E-state index in [0.29, 0.717) is 5.69 Å². The summed E-state index contributed by atoms with van der Waals surface area (Å²) in [7, 11) is 1.80. The second-order valence-corrected chi connectivity index (χ2v) is 5.50. The van der Waals surface area contributed by atoms with Gasteiger partial charge in [-0.25, -0.2) is 8.78 Å². The molecule has 0 aliphatic rings. The van der Waals surface area contributed by atoms with Crippen LogP contribution in [0.3, 0.4) is 0 Å². The van der Waals surface area contributed by atoms with E-state index in [4.69, 9.17) is 0 Å². The van der Waals surface area contributed by atoms with Crippen LogP contribution in [-0.4, -0.2) is 22.2 Å². The third kappa shape index (κ3) is 2.32. The van der Waals surface area contributed by atoms with E-state index in [9.17, 15) is 8.78 Å². The fraction of sp³-hybridized carbons (Fsp3) is 0.0556. The molecule has 6 heteroatoms. The zero-order valence-electron chi connectivity index (χ0n) is 12.8. The first kappa shape index (κ1) is 14.4. The van der Waals surface area contributed by atoms with Gasteiger partial charge < -0.3 is 10.3 Å². The summed E-state index contributed by atoms with van der Waals surface area (Å²) in [5.41, 5.74) is 2.98. The predicted octanol–water partition coefficient (Wildman–Crippen LogP) is 4.54. The van der Waals surface area contributed by atoms with Gasteiger partial charge in [0.1, 0.15) is 17.5 Å². The highest BCUT2D eigenvalue weighted by Gasteiger charge is 2.14. The molecule has 0 unspecified atom stereocenters. The fourth-order valence-electron chi connectivity index (χ4n) is 2.79. The quantitative estimate of drug-likeness (QED) is 0.518. The lowest BCUT2D eigenvalue weighted by atomic mass is 10.1. The van der Waals surface area contributed by atoms with Crippen LogP contribution in [0.15, 0.2) is 48.5 Å². The van der Waals surface area contributed by atoms with Gasteiger partial charge in [0.25, 0.3) is 0 Å². The monoisotopic (exact) mass is 324 g/mol. The Morgan fingerprint density at radius 3 is 2.46 bits per heavy atom. The van der Waals surface area contributed by atoms with E-state index in [2.05, 4.69) is 20.5 Å². The summed E-state index contributed by atoms with van der Waals surface area (Å²) >= 11 is 0. The molecular weight excluding hydrogens is 310 g/mol. The zero-order chi connectivity index (χ0) is 16.7. The topological polar surface area (TPSA) is 56.5 Å². The summed E-state index contributed by atoms with van der Waals surface area (Å²) in [4.78, 5) is 3.07. The third-order valence-corrected chi connectivity index (χ3v) is 4.00. The van der Waals surface area contributed by atoms with Gasteiger partial charge in [0.2, 0.25) is 0 Å². The second-order valence-electron chi connectivity index (χ2n) is 5.50. The Hall–Kier alpha value is -3.15. The van der Waals surface area contributed by atoms with Crippen molar-refractivity contribution in [3.63, 3.8) is 0 Å². The predicted molar refractivity (Wildman–Crippen MR) is 90.8 cm³/mol. The molecule has 4 nitrogen and oxygen atoms in total. The summed E-state index contributed by atoms with van der Waals surface area (Å²) in [5.74, 6) is -0.434. The van der Waals surface area contributed by atoms with Gasteiger partial charge in [-0.05, 0) is 30.3 Å². The van der Waals surface area contributed by atoms with E-state index >= 15 is 0 Å². The first-order valence-electron chi connectivity index (χ1n) is 7.46. The Labute approximate surface area is 136 Å². The van der Waals surface area contributed by atoms with Crippen LogP contribution in [-0.2, 0) is 0 Å². The van der Waals surface area contributed by atoms with Crippen LogP contribution in [0, 0.1) is 11.6 Å². The molecule has 0 atom stereocenters. The van der Waals surface area contributed by atoms with Gasteiger partial charge in [0, 0.05) is 29.6 Å². The van der Waals surface area contributed by atoms with Crippen LogP contribution < -0.4 is 5.32 Å². The van der Waals surface area contributed by atoms with Crippen LogP contribution in [0.25, 0.3) is 33.4 Å². The number of benzene rings is 2. The van der Waals surface area contributed by atoms with Crippen molar-refractivity contribution in [2.45, 2.75) is 0 Å². The van der Waals surface area contributed by atoms with Crippen molar-refractivity contribution in [3.05, 3.63) is 60.2 Å². The lowest BCUT2D eigenvalue weighted by molar-refractivity contribution is 0.589. The molecule has 2 heterocycles. The van der Waals surface area contributed by atoms with E-state index in [1.54, 1.807) is 13.1 Å². The molecular formula is C18H14F2N4. The maximum Gasteiger partial charge on any atom is 0.148 e. The molecule has 0 saturated heterocycles. The largest absolute Gasteiger partial charge is 0.372 e. The number of nitrogens with zero attached hydrogens (tertiary/aromatic N) is 1. The molecule has 0 aliphatic carbocycles. The van der Waals surface area contributed by atoms with Gasteiger partial charge >= 0.3 is 0 Å². The number of anilines is 1. The lowest BCUT2D eigenvalue weighted by Crippen LogP contribution is -1.89. The number of aromatic nitrogens is 3. The first-order chi connectivity index (χ1) is 11.7. The van der Waals surface area contributed by atoms with Gasteiger partial charge in [-0.2, -0.15) is 5.10 Å². The van der Waals surface area contributed by atoms with Crippen molar-refractivity contribution in [3.8, 4) is 22.5 Å². The maximum absolute atomic E-state index is 14.0. The van der Waals surface area contributed by atoms with E-state index < -0.39 is 11.6 Å². The number of aromatic amines is 2. The molecule has 4 aromatic rings. The number of H-pyrrole nitrogens is 2. The van der Waals surface area contributed by atoms with Crippen LogP contribution in [0.4, 0.5) is 14.6 Å². The summed E-state index contributed by atoms with van der Waals surface area (Å²) in [6, 6.07) is 13.2. The normalized spacial score (nSPS) is 11.1. The highest BCUT2D eigenvalue weighted by Crippen LogP contribution is 2.31. The fourth-order valence-corrected chi connectivity index (χ4v) is 2.79. The zero-order valence-corrected chi connectivity index (χ0v) is 12.8. The Kier molecular flexibility index (Phi) is 3.30. The maximum atomic E-state index is 14.0. The SMILES string of the molecule is CNc1cc(-c2ccc3[nH]c(-c4c(F)cccc4F)cc3c2)[nH]n1.